The molecule has 0 spiro atoms. The monoisotopic (exact) mass is 319 g/mol. The predicted octanol–water partition coefficient (Wildman–Crippen LogP) is 3.16. The van der Waals surface area contributed by atoms with Crippen molar-refractivity contribution in [2.45, 2.75) is 0 Å². The minimum atomic E-state index is -0.217. The summed E-state index contributed by atoms with van der Waals surface area (Å²) < 4.78 is 0.847. The van der Waals surface area contributed by atoms with Crippen molar-refractivity contribution in [1.29, 1.82) is 0 Å². The van der Waals surface area contributed by atoms with Crippen molar-refractivity contribution in [2.24, 2.45) is 0 Å². The van der Waals surface area contributed by atoms with E-state index in [2.05, 4.69) is 26.2 Å². The van der Waals surface area contributed by atoms with E-state index < -0.39 is 0 Å². The van der Waals surface area contributed by atoms with Gasteiger partial charge in [0, 0.05) is 36.1 Å². The van der Waals surface area contributed by atoms with Crippen LogP contribution in [-0.4, -0.2) is 25.0 Å². The molecule has 0 saturated heterocycles. The normalized spacial score (nSPS) is 10.1. The summed E-state index contributed by atoms with van der Waals surface area (Å²) in [6.07, 6.45) is 1.60. The standard InChI is InChI=1S/C14H14BrN3O/c1-18(2)12-6-4-11(5-7-12)17-14(19)13-8-3-10(15)9-16-13/h3-9H,1-2H3,(H,17,19). The Bertz CT molecular complexity index is 564. The van der Waals surface area contributed by atoms with Gasteiger partial charge in [0.2, 0.25) is 0 Å². The maximum atomic E-state index is 11.9. The molecule has 5 heteroatoms. The first-order chi connectivity index (χ1) is 9.06. The number of hydrogen-bond acceptors (Lipinski definition) is 3. The van der Waals surface area contributed by atoms with Gasteiger partial charge in [0.1, 0.15) is 5.69 Å². The summed E-state index contributed by atoms with van der Waals surface area (Å²) in [5, 5.41) is 2.81. The first-order valence-electron chi connectivity index (χ1n) is 5.76. The van der Waals surface area contributed by atoms with Crippen LogP contribution in [0.15, 0.2) is 47.1 Å². The third kappa shape index (κ3) is 3.54. The van der Waals surface area contributed by atoms with Crippen LogP contribution in [0.2, 0.25) is 0 Å². The summed E-state index contributed by atoms with van der Waals surface area (Å²) in [5.41, 5.74) is 2.22. The summed E-state index contributed by atoms with van der Waals surface area (Å²) in [7, 11) is 3.94. The second kappa shape index (κ2) is 5.84. The fraction of sp³-hybridized carbons (Fsp3) is 0.143. The van der Waals surface area contributed by atoms with Gasteiger partial charge in [-0.2, -0.15) is 0 Å². The van der Waals surface area contributed by atoms with E-state index in [1.165, 1.54) is 0 Å². The van der Waals surface area contributed by atoms with Crippen LogP contribution in [0.1, 0.15) is 10.5 Å². The van der Waals surface area contributed by atoms with Crippen molar-refractivity contribution in [2.75, 3.05) is 24.3 Å². The van der Waals surface area contributed by atoms with Crippen molar-refractivity contribution in [3.8, 4) is 0 Å². The number of rotatable bonds is 3. The molecule has 1 heterocycles. The van der Waals surface area contributed by atoms with E-state index >= 15 is 0 Å². The van der Waals surface area contributed by atoms with Crippen LogP contribution in [0.3, 0.4) is 0 Å². The average Bonchev–Trinajstić information content (AvgIpc) is 2.40. The Morgan fingerprint density at radius 1 is 1.16 bits per heavy atom. The Kier molecular flexibility index (Phi) is 4.16. The summed E-state index contributed by atoms with van der Waals surface area (Å²) in [4.78, 5) is 18.0. The van der Waals surface area contributed by atoms with Gasteiger partial charge in [-0.25, -0.2) is 4.98 Å². The van der Waals surface area contributed by atoms with Gasteiger partial charge in [0.15, 0.2) is 0 Å². The SMILES string of the molecule is CN(C)c1ccc(NC(=O)c2ccc(Br)cn2)cc1. The number of carbonyl (C=O) groups is 1. The third-order valence-corrected chi connectivity index (χ3v) is 3.07. The van der Waals surface area contributed by atoms with Crippen LogP contribution in [0.5, 0.6) is 0 Å². The quantitative estimate of drug-likeness (QED) is 0.945. The van der Waals surface area contributed by atoms with Crippen LogP contribution >= 0.6 is 15.9 Å². The molecule has 0 saturated carbocycles. The van der Waals surface area contributed by atoms with Crippen LogP contribution in [-0.2, 0) is 0 Å². The Hall–Kier alpha value is -1.88. The molecular weight excluding hydrogens is 306 g/mol. The van der Waals surface area contributed by atoms with Gasteiger partial charge in [-0.15, -0.1) is 0 Å². The molecule has 0 radical (unpaired) electrons. The van der Waals surface area contributed by atoms with Crippen molar-refractivity contribution < 1.29 is 4.79 Å². The van der Waals surface area contributed by atoms with Gasteiger partial charge >= 0.3 is 0 Å². The lowest BCUT2D eigenvalue weighted by molar-refractivity contribution is 0.102. The maximum absolute atomic E-state index is 11.9. The van der Waals surface area contributed by atoms with Crippen LogP contribution in [0, 0.1) is 0 Å². The molecular formula is C14H14BrN3O. The highest BCUT2D eigenvalue weighted by Crippen LogP contribution is 2.16. The summed E-state index contributed by atoms with van der Waals surface area (Å²) in [6.45, 7) is 0. The number of halogens is 1. The van der Waals surface area contributed by atoms with E-state index in [9.17, 15) is 4.79 Å². The molecule has 1 N–H and O–H groups in total. The molecule has 98 valence electrons. The van der Waals surface area contributed by atoms with Gasteiger partial charge in [-0.3, -0.25) is 4.79 Å². The Morgan fingerprint density at radius 2 is 1.84 bits per heavy atom. The highest BCUT2D eigenvalue weighted by molar-refractivity contribution is 9.10. The van der Waals surface area contributed by atoms with Gasteiger partial charge in [0.05, 0.1) is 0 Å². The number of hydrogen-bond donors (Lipinski definition) is 1. The molecule has 0 aliphatic carbocycles. The largest absolute Gasteiger partial charge is 0.378 e. The predicted molar refractivity (Wildman–Crippen MR) is 80.7 cm³/mol. The molecule has 0 bridgehead atoms. The number of amides is 1. The number of nitrogens with one attached hydrogen (secondary N) is 1. The first kappa shape index (κ1) is 13.5. The fourth-order valence-electron chi connectivity index (χ4n) is 1.55. The Morgan fingerprint density at radius 3 is 2.37 bits per heavy atom. The molecule has 2 rings (SSSR count). The van der Waals surface area contributed by atoms with Crippen molar-refractivity contribution in [1.82, 2.24) is 4.98 Å². The van der Waals surface area contributed by atoms with E-state index in [4.69, 9.17) is 0 Å². The number of nitrogens with zero attached hydrogens (tertiary/aromatic N) is 2. The molecule has 0 atom stereocenters. The van der Waals surface area contributed by atoms with Crippen LogP contribution in [0.4, 0.5) is 11.4 Å². The molecule has 1 aromatic heterocycles. The molecule has 0 aliphatic heterocycles. The number of carbonyl (C=O) groups excluding carboxylic acids is 1. The maximum Gasteiger partial charge on any atom is 0.274 e. The average molecular weight is 320 g/mol. The molecule has 1 amide bonds. The summed E-state index contributed by atoms with van der Waals surface area (Å²) >= 11 is 3.28. The molecule has 0 unspecified atom stereocenters. The van der Waals surface area contributed by atoms with Crippen molar-refractivity contribution in [3.05, 3.63) is 52.8 Å². The van der Waals surface area contributed by atoms with E-state index in [0.717, 1.165) is 15.8 Å². The van der Waals surface area contributed by atoms with Gasteiger partial charge < -0.3 is 10.2 Å². The molecule has 19 heavy (non-hydrogen) atoms. The Labute approximate surface area is 120 Å². The summed E-state index contributed by atoms with van der Waals surface area (Å²) in [5.74, 6) is -0.217. The number of anilines is 2. The zero-order chi connectivity index (χ0) is 13.8. The minimum absolute atomic E-state index is 0.217. The number of pyridine rings is 1. The lowest BCUT2D eigenvalue weighted by Crippen LogP contribution is -2.13. The summed E-state index contributed by atoms with van der Waals surface area (Å²) in [6, 6.07) is 11.1. The van der Waals surface area contributed by atoms with Crippen molar-refractivity contribution in [3.63, 3.8) is 0 Å². The van der Waals surface area contributed by atoms with Crippen LogP contribution in [0.25, 0.3) is 0 Å². The topological polar surface area (TPSA) is 45.2 Å². The van der Waals surface area contributed by atoms with Gasteiger partial charge in [-0.1, -0.05) is 0 Å². The first-order valence-corrected chi connectivity index (χ1v) is 6.56. The third-order valence-electron chi connectivity index (χ3n) is 2.60. The molecule has 4 nitrogen and oxygen atoms in total. The van der Waals surface area contributed by atoms with Crippen LogP contribution < -0.4 is 10.2 Å². The molecule has 1 aromatic carbocycles. The zero-order valence-corrected chi connectivity index (χ0v) is 12.3. The smallest absolute Gasteiger partial charge is 0.274 e. The molecule has 0 aliphatic rings. The lowest BCUT2D eigenvalue weighted by Gasteiger charge is -2.12. The fourth-order valence-corrected chi connectivity index (χ4v) is 1.78. The lowest BCUT2D eigenvalue weighted by atomic mass is 10.2. The van der Waals surface area contributed by atoms with E-state index in [1.54, 1.807) is 18.3 Å². The van der Waals surface area contributed by atoms with Crippen molar-refractivity contribution >= 4 is 33.2 Å². The molecule has 0 fully saturated rings. The second-order valence-electron chi connectivity index (χ2n) is 4.26. The molecule has 2 aromatic rings. The van der Waals surface area contributed by atoms with E-state index in [1.807, 2.05) is 43.3 Å². The zero-order valence-electron chi connectivity index (χ0n) is 10.7. The second-order valence-corrected chi connectivity index (χ2v) is 5.17. The highest BCUT2D eigenvalue weighted by Gasteiger charge is 2.07. The van der Waals surface area contributed by atoms with Gasteiger partial charge in [-0.05, 0) is 52.3 Å². The van der Waals surface area contributed by atoms with Gasteiger partial charge in [0.25, 0.3) is 5.91 Å². The minimum Gasteiger partial charge on any atom is -0.378 e. The number of benzene rings is 1. The highest BCUT2D eigenvalue weighted by atomic mass is 79.9. The Balaban J connectivity index is 2.08. The number of aromatic nitrogens is 1. The van der Waals surface area contributed by atoms with E-state index in [0.29, 0.717) is 5.69 Å². The van der Waals surface area contributed by atoms with E-state index in [-0.39, 0.29) is 5.91 Å².